The number of hydrogen-bond acceptors (Lipinski definition) is 4. The molecule has 0 spiro atoms. The van der Waals surface area contributed by atoms with E-state index in [9.17, 15) is 0 Å². The number of likely N-dealkylation sites (tertiary alicyclic amines) is 1. The molecule has 2 heterocycles. The van der Waals surface area contributed by atoms with Crippen molar-refractivity contribution < 1.29 is 4.74 Å². The summed E-state index contributed by atoms with van der Waals surface area (Å²) in [5.74, 6) is 0.970. The molecule has 0 amide bonds. The van der Waals surface area contributed by atoms with Crippen LogP contribution in [0.4, 0.5) is 0 Å². The van der Waals surface area contributed by atoms with Crippen molar-refractivity contribution in [1.29, 1.82) is 5.26 Å². The number of rotatable bonds is 3. The molecule has 1 aliphatic rings. The summed E-state index contributed by atoms with van der Waals surface area (Å²) in [6.45, 7) is 4.28. The van der Waals surface area contributed by atoms with Gasteiger partial charge in [0, 0.05) is 18.7 Å². The highest BCUT2D eigenvalue weighted by Crippen LogP contribution is 2.23. The van der Waals surface area contributed by atoms with Gasteiger partial charge in [0.25, 0.3) is 0 Å². The first-order valence-corrected chi connectivity index (χ1v) is 6.41. The van der Waals surface area contributed by atoms with Crippen molar-refractivity contribution in [1.82, 2.24) is 9.88 Å². The third-order valence-electron chi connectivity index (χ3n) is 3.51. The molecule has 1 fully saturated rings. The minimum atomic E-state index is 0.0924. The van der Waals surface area contributed by atoms with Gasteiger partial charge < -0.3 is 9.64 Å². The topological polar surface area (TPSA) is 49.1 Å². The van der Waals surface area contributed by atoms with E-state index in [2.05, 4.69) is 29.9 Å². The first kappa shape index (κ1) is 12.8. The quantitative estimate of drug-likeness (QED) is 0.818. The van der Waals surface area contributed by atoms with E-state index >= 15 is 0 Å². The SMILES string of the molecule is CC(Oc1ncccc1C#N)C1CCCN(C)C1. The number of ether oxygens (including phenoxy) is 1. The number of aromatic nitrogens is 1. The van der Waals surface area contributed by atoms with E-state index in [0.717, 1.165) is 13.1 Å². The van der Waals surface area contributed by atoms with E-state index in [0.29, 0.717) is 17.4 Å². The Hall–Kier alpha value is -1.60. The average molecular weight is 245 g/mol. The molecule has 0 radical (unpaired) electrons. The first-order chi connectivity index (χ1) is 8.70. The van der Waals surface area contributed by atoms with Crippen LogP contribution in [0.5, 0.6) is 5.88 Å². The van der Waals surface area contributed by atoms with E-state index in [1.54, 1.807) is 18.3 Å². The van der Waals surface area contributed by atoms with Gasteiger partial charge in [-0.05, 0) is 45.5 Å². The zero-order chi connectivity index (χ0) is 13.0. The fourth-order valence-corrected chi connectivity index (χ4v) is 2.43. The maximum Gasteiger partial charge on any atom is 0.231 e. The lowest BCUT2D eigenvalue weighted by Crippen LogP contribution is -2.39. The van der Waals surface area contributed by atoms with E-state index in [1.807, 2.05) is 0 Å². The van der Waals surface area contributed by atoms with Gasteiger partial charge >= 0.3 is 0 Å². The van der Waals surface area contributed by atoms with Gasteiger partial charge in [-0.1, -0.05) is 0 Å². The Labute approximate surface area is 108 Å². The minimum Gasteiger partial charge on any atom is -0.473 e. The normalized spacial score (nSPS) is 22.2. The summed E-state index contributed by atoms with van der Waals surface area (Å²) < 4.78 is 5.86. The maximum absolute atomic E-state index is 9.01. The molecule has 0 bridgehead atoms. The van der Waals surface area contributed by atoms with Crippen molar-refractivity contribution in [3.8, 4) is 11.9 Å². The van der Waals surface area contributed by atoms with Crippen molar-refractivity contribution >= 4 is 0 Å². The van der Waals surface area contributed by atoms with E-state index < -0.39 is 0 Å². The molecular formula is C14H19N3O. The molecule has 4 nitrogen and oxygen atoms in total. The molecule has 0 saturated carbocycles. The molecule has 2 rings (SSSR count). The molecular weight excluding hydrogens is 226 g/mol. The number of pyridine rings is 1. The van der Waals surface area contributed by atoms with Crippen LogP contribution in [0.15, 0.2) is 18.3 Å². The maximum atomic E-state index is 9.01. The third kappa shape index (κ3) is 2.99. The van der Waals surface area contributed by atoms with Gasteiger partial charge in [0.05, 0.1) is 0 Å². The van der Waals surface area contributed by atoms with Gasteiger partial charge in [0.2, 0.25) is 5.88 Å². The summed E-state index contributed by atoms with van der Waals surface area (Å²) in [6, 6.07) is 5.61. The molecule has 4 heteroatoms. The summed E-state index contributed by atoms with van der Waals surface area (Å²) in [5.41, 5.74) is 0.508. The van der Waals surface area contributed by atoms with Gasteiger partial charge in [-0.2, -0.15) is 5.26 Å². The van der Waals surface area contributed by atoms with Crippen LogP contribution in [0.1, 0.15) is 25.3 Å². The summed E-state index contributed by atoms with van der Waals surface area (Å²) in [5, 5.41) is 9.01. The molecule has 1 aromatic rings. The molecule has 0 N–H and O–H groups in total. The predicted molar refractivity (Wildman–Crippen MR) is 69.3 cm³/mol. The van der Waals surface area contributed by atoms with Crippen LogP contribution < -0.4 is 4.74 Å². The molecule has 2 unspecified atom stereocenters. The second kappa shape index (κ2) is 5.83. The number of nitriles is 1. The van der Waals surface area contributed by atoms with Crippen LogP contribution in [0.25, 0.3) is 0 Å². The lowest BCUT2D eigenvalue weighted by atomic mass is 9.93. The van der Waals surface area contributed by atoms with Crippen LogP contribution in [-0.4, -0.2) is 36.1 Å². The Morgan fingerprint density at radius 2 is 2.44 bits per heavy atom. The third-order valence-corrected chi connectivity index (χ3v) is 3.51. The van der Waals surface area contributed by atoms with Crippen molar-refractivity contribution in [3.63, 3.8) is 0 Å². The van der Waals surface area contributed by atoms with Crippen molar-refractivity contribution in [3.05, 3.63) is 23.9 Å². The standard InChI is InChI=1S/C14H19N3O/c1-11(13-6-4-8-17(2)10-13)18-14-12(9-15)5-3-7-16-14/h3,5,7,11,13H,4,6,8,10H2,1-2H3. The fraction of sp³-hybridized carbons (Fsp3) is 0.571. The zero-order valence-corrected chi connectivity index (χ0v) is 11.0. The van der Waals surface area contributed by atoms with Crippen LogP contribution in [0, 0.1) is 17.2 Å². The summed E-state index contributed by atoms with van der Waals surface area (Å²) in [7, 11) is 2.14. The lowest BCUT2D eigenvalue weighted by molar-refractivity contribution is 0.0864. The van der Waals surface area contributed by atoms with E-state index in [1.165, 1.54) is 12.8 Å². The fourth-order valence-electron chi connectivity index (χ4n) is 2.43. The molecule has 1 aliphatic heterocycles. The Morgan fingerprint density at radius 3 is 3.17 bits per heavy atom. The number of piperidine rings is 1. The average Bonchev–Trinajstić information content (AvgIpc) is 2.39. The highest BCUT2D eigenvalue weighted by atomic mass is 16.5. The van der Waals surface area contributed by atoms with Gasteiger partial charge in [-0.3, -0.25) is 0 Å². The Bertz CT molecular complexity index is 441. The lowest BCUT2D eigenvalue weighted by Gasteiger charge is -2.33. The molecule has 96 valence electrons. The first-order valence-electron chi connectivity index (χ1n) is 6.41. The van der Waals surface area contributed by atoms with Gasteiger partial charge in [0.15, 0.2) is 0 Å². The molecule has 2 atom stereocenters. The number of hydrogen-bond donors (Lipinski definition) is 0. The Morgan fingerprint density at radius 1 is 1.61 bits per heavy atom. The highest BCUT2D eigenvalue weighted by molar-refractivity contribution is 5.37. The van der Waals surface area contributed by atoms with Crippen LogP contribution in [-0.2, 0) is 0 Å². The zero-order valence-electron chi connectivity index (χ0n) is 11.0. The monoisotopic (exact) mass is 245 g/mol. The summed E-state index contributed by atoms with van der Waals surface area (Å²) >= 11 is 0. The Kier molecular flexibility index (Phi) is 4.16. The van der Waals surface area contributed by atoms with Gasteiger partial charge in [0.1, 0.15) is 17.7 Å². The van der Waals surface area contributed by atoms with Crippen LogP contribution in [0.3, 0.4) is 0 Å². The Balaban J connectivity index is 2.02. The molecule has 1 saturated heterocycles. The number of nitrogens with zero attached hydrogens (tertiary/aromatic N) is 3. The molecule has 0 aromatic carbocycles. The van der Waals surface area contributed by atoms with Gasteiger partial charge in [-0.15, -0.1) is 0 Å². The van der Waals surface area contributed by atoms with Crippen molar-refractivity contribution in [2.45, 2.75) is 25.9 Å². The molecule has 18 heavy (non-hydrogen) atoms. The molecule has 0 aliphatic carbocycles. The second-order valence-corrected chi connectivity index (χ2v) is 4.96. The smallest absolute Gasteiger partial charge is 0.231 e. The van der Waals surface area contributed by atoms with Crippen molar-refractivity contribution in [2.75, 3.05) is 20.1 Å². The predicted octanol–water partition coefficient (Wildman–Crippen LogP) is 2.06. The second-order valence-electron chi connectivity index (χ2n) is 4.96. The minimum absolute atomic E-state index is 0.0924. The highest BCUT2D eigenvalue weighted by Gasteiger charge is 2.24. The van der Waals surface area contributed by atoms with Crippen LogP contribution in [0.2, 0.25) is 0 Å². The largest absolute Gasteiger partial charge is 0.473 e. The summed E-state index contributed by atoms with van der Waals surface area (Å²) in [6.07, 6.45) is 4.15. The van der Waals surface area contributed by atoms with Crippen molar-refractivity contribution in [2.24, 2.45) is 5.92 Å². The van der Waals surface area contributed by atoms with Gasteiger partial charge in [-0.25, -0.2) is 4.98 Å². The molecule has 1 aromatic heterocycles. The van der Waals surface area contributed by atoms with Crippen LogP contribution >= 0.6 is 0 Å². The van der Waals surface area contributed by atoms with E-state index in [4.69, 9.17) is 10.00 Å². The summed E-state index contributed by atoms with van der Waals surface area (Å²) in [4.78, 5) is 6.48. The van der Waals surface area contributed by atoms with E-state index in [-0.39, 0.29) is 6.10 Å².